The Morgan fingerprint density at radius 1 is 1.38 bits per heavy atom. The summed E-state index contributed by atoms with van der Waals surface area (Å²) in [6, 6.07) is 0.228. The van der Waals surface area contributed by atoms with Gasteiger partial charge in [0.15, 0.2) is 0 Å². The van der Waals surface area contributed by atoms with Crippen LogP contribution in [0.5, 0.6) is 0 Å². The van der Waals surface area contributed by atoms with Gasteiger partial charge in [-0.15, -0.1) is 0 Å². The first-order chi connectivity index (χ1) is 7.63. The van der Waals surface area contributed by atoms with E-state index in [0.717, 1.165) is 5.75 Å². The maximum Gasteiger partial charge on any atom is 0.232 e. The smallest absolute Gasteiger partial charge is 0.232 e. The molecule has 0 aliphatic rings. The molecule has 0 saturated carbocycles. The van der Waals surface area contributed by atoms with E-state index in [9.17, 15) is 4.79 Å². The van der Waals surface area contributed by atoms with Gasteiger partial charge in [-0.3, -0.25) is 4.79 Å². The average molecular weight is 247 g/mol. The lowest BCUT2D eigenvalue weighted by Crippen LogP contribution is -2.39. The molecule has 0 aromatic heterocycles. The maximum absolute atomic E-state index is 11.9. The molecule has 3 nitrogen and oxygen atoms in total. The Morgan fingerprint density at radius 2 is 2.06 bits per heavy atom. The topological polar surface area (TPSA) is 40.5 Å². The molecule has 0 bridgehead atoms. The minimum atomic E-state index is 0.152. The first-order valence-corrected chi connectivity index (χ1v) is 7.27. The summed E-state index contributed by atoms with van der Waals surface area (Å²) < 4.78 is 0. The van der Waals surface area contributed by atoms with Gasteiger partial charge < -0.3 is 10.0 Å². The Labute approximate surface area is 104 Å². The zero-order valence-corrected chi connectivity index (χ0v) is 11.6. The molecule has 0 aliphatic heterocycles. The van der Waals surface area contributed by atoms with Crippen molar-refractivity contribution in [2.75, 3.05) is 24.7 Å². The van der Waals surface area contributed by atoms with E-state index in [-0.39, 0.29) is 18.6 Å². The van der Waals surface area contributed by atoms with Crippen LogP contribution in [0.2, 0.25) is 0 Å². The van der Waals surface area contributed by atoms with Gasteiger partial charge in [0.25, 0.3) is 0 Å². The number of aliphatic hydroxyl groups is 1. The van der Waals surface area contributed by atoms with Gasteiger partial charge in [-0.25, -0.2) is 0 Å². The number of hydrogen-bond donors (Lipinski definition) is 1. The van der Waals surface area contributed by atoms with E-state index in [2.05, 4.69) is 6.92 Å². The van der Waals surface area contributed by atoms with E-state index in [1.54, 1.807) is 11.8 Å². The fourth-order valence-corrected chi connectivity index (χ4v) is 2.38. The number of nitrogens with zero attached hydrogens (tertiary/aromatic N) is 1. The molecule has 96 valence electrons. The lowest BCUT2D eigenvalue weighted by atomic mass is 10.3. The summed E-state index contributed by atoms with van der Waals surface area (Å²) in [5, 5.41) is 8.78. The Morgan fingerprint density at radius 3 is 2.56 bits per heavy atom. The third-order valence-electron chi connectivity index (χ3n) is 2.37. The van der Waals surface area contributed by atoms with Gasteiger partial charge in [0.05, 0.1) is 5.75 Å². The molecule has 16 heavy (non-hydrogen) atoms. The molecular weight excluding hydrogens is 222 g/mol. The average Bonchev–Trinajstić information content (AvgIpc) is 2.24. The van der Waals surface area contributed by atoms with Gasteiger partial charge in [0.1, 0.15) is 0 Å². The number of amides is 1. The molecule has 0 aromatic rings. The standard InChI is InChI=1S/C12H25NO2S/c1-4-5-9-16-10-12(15)13(11(2)3)7-6-8-14/h11,14H,4-10H2,1-3H3. The molecule has 0 heterocycles. The van der Waals surface area contributed by atoms with Gasteiger partial charge in [-0.1, -0.05) is 13.3 Å². The predicted molar refractivity (Wildman–Crippen MR) is 70.8 cm³/mol. The van der Waals surface area contributed by atoms with E-state index < -0.39 is 0 Å². The third kappa shape index (κ3) is 7.12. The summed E-state index contributed by atoms with van der Waals surface area (Å²) >= 11 is 1.71. The van der Waals surface area contributed by atoms with Gasteiger partial charge >= 0.3 is 0 Å². The predicted octanol–water partition coefficient (Wildman–Crippen LogP) is 2.14. The van der Waals surface area contributed by atoms with Crippen molar-refractivity contribution >= 4 is 17.7 Å². The molecule has 0 fully saturated rings. The number of rotatable bonds is 9. The molecule has 0 aliphatic carbocycles. The second-order valence-corrected chi connectivity index (χ2v) is 5.27. The molecular formula is C12H25NO2S. The van der Waals surface area contributed by atoms with Crippen molar-refractivity contribution in [2.24, 2.45) is 0 Å². The third-order valence-corrected chi connectivity index (χ3v) is 3.40. The van der Waals surface area contributed by atoms with E-state index >= 15 is 0 Å². The van der Waals surface area contributed by atoms with Crippen molar-refractivity contribution in [3.8, 4) is 0 Å². The minimum Gasteiger partial charge on any atom is -0.396 e. The van der Waals surface area contributed by atoms with Gasteiger partial charge in [-0.05, 0) is 32.4 Å². The van der Waals surface area contributed by atoms with Crippen LogP contribution in [0.1, 0.15) is 40.0 Å². The second kappa shape index (κ2) is 9.97. The van der Waals surface area contributed by atoms with Crippen molar-refractivity contribution in [3.63, 3.8) is 0 Å². The Bertz CT molecular complexity index is 186. The molecule has 0 spiro atoms. The van der Waals surface area contributed by atoms with Crippen LogP contribution in [-0.4, -0.2) is 46.6 Å². The molecule has 0 saturated heterocycles. The van der Waals surface area contributed by atoms with Crippen molar-refractivity contribution in [2.45, 2.75) is 46.1 Å². The summed E-state index contributed by atoms with van der Waals surface area (Å²) in [5.74, 6) is 1.84. The van der Waals surface area contributed by atoms with Crippen LogP contribution in [0.3, 0.4) is 0 Å². The van der Waals surface area contributed by atoms with Gasteiger partial charge in [0, 0.05) is 19.2 Å². The number of carbonyl (C=O) groups is 1. The summed E-state index contributed by atoms with van der Waals surface area (Å²) in [6.45, 7) is 7.02. The first-order valence-electron chi connectivity index (χ1n) is 6.11. The van der Waals surface area contributed by atoms with Crippen molar-refractivity contribution in [3.05, 3.63) is 0 Å². The molecule has 4 heteroatoms. The highest BCUT2D eigenvalue weighted by Crippen LogP contribution is 2.08. The zero-order chi connectivity index (χ0) is 12.4. The normalized spacial score (nSPS) is 10.8. The largest absolute Gasteiger partial charge is 0.396 e. The molecule has 1 N–H and O–H groups in total. The van der Waals surface area contributed by atoms with Crippen LogP contribution in [0.4, 0.5) is 0 Å². The summed E-state index contributed by atoms with van der Waals surface area (Å²) in [7, 11) is 0. The van der Waals surface area contributed by atoms with E-state index in [4.69, 9.17) is 5.11 Å². The van der Waals surface area contributed by atoms with Gasteiger partial charge in [-0.2, -0.15) is 11.8 Å². The van der Waals surface area contributed by atoms with Crippen LogP contribution in [0, 0.1) is 0 Å². The second-order valence-electron chi connectivity index (χ2n) is 4.16. The van der Waals surface area contributed by atoms with Crippen LogP contribution >= 0.6 is 11.8 Å². The first kappa shape index (κ1) is 15.8. The number of unbranched alkanes of at least 4 members (excludes halogenated alkanes) is 1. The Kier molecular flexibility index (Phi) is 9.83. The number of hydrogen-bond acceptors (Lipinski definition) is 3. The van der Waals surface area contributed by atoms with Crippen molar-refractivity contribution in [1.29, 1.82) is 0 Å². The quantitative estimate of drug-likeness (QED) is 0.635. The molecule has 0 rings (SSSR count). The van der Waals surface area contributed by atoms with Crippen molar-refractivity contribution in [1.82, 2.24) is 4.90 Å². The summed E-state index contributed by atoms with van der Waals surface area (Å²) in [5.41, 5.74) is 0. The molecule has 0 atom stereocenters. The Balaban J connectivity index is 3.87. The fourth-order valence-electron chi connectivity index (χ4n) is 1.40. The van der Waals surface area contributed by atoms with Gasteiger partial charge in [0.2, 0.25) is 5.91 Å². The van der Waals surface area contributed by atoms with E-state index in [1.807, 2.05) is 18.7 Å². The minimum absolute atomic E-state index is 0.152. The molecule has 0 radical (unpaired) electrons. The number of aliphatic hydroxyl groups excluding tert-OH is 1. The van der Waals surface area contributed by atoms with Crippen LogP contribution in [-0.2, 0) is 4.79 Å². The summed E-state index contributed by atoms with van der Waals surface area (Å²) in [4.78, 5) is 13.7. The number of thioether (sulfide) groups is 1. The van der Waals surface area contributed by atoms with E-state index in [1.165, 1.54) is 12.8 Å². The highest BCUT2D eigenvalue weighted by Gasteiger charge is 2.15. The van der Waals surface area contributed by atoms with E-state index in [0.29, 0.717) is 18.7 Å². The monoisotopic (exact) mass is 247 g/mol. The Hall–Kier alpha value is -0.220. The number of carbonyl (C=O) groups excluding carboxylic acids is 1. The fraction of sp³-hybridized carbons (Fsp3) is 0.917. The lowest BCUT2D eigenvalue weighted by Gasteiger charge is -2.26. The molecule has 1 amide bonds. The lowest BCUT2D eigenvalue weighted by molar-refractivity contribution is -0.130. The highest BCUT2D eigenvalue weighted by molar-refractivity contribution is 7.99. The summed E-state index contributed by atoms with van der Waals surface area (Å²) in [6.07, 6.45) is 3.03. The SMILES string of the molecule is CCCCSCC(=O)N(CCCO)C(C)C. The van der Waals surface area contributed by atoms with Crippen LogP contribution < -0.4 is 0 Å². The van der Waals surface area contributed by atoms with Crippen LogP contribution in [0.25, 0.3) is 0 Å². The molecule has 0 aromatic carbocycles. The molecule has 0 unspecified atom stereocenters. The highest BCUT2D eigenvalue weighted by atomic mass is 32.2. The van der Waals surface area contributed by atoms with Crippen LogP contribution in [0.15, 0.2) is 0 Å². The maximum atomic E-state index is 11.9. The zero-order valence-electron chi connectivity index (χ0n) is 10.7. The van der Waals surface area contributed by atoms with Crippen molar-refractivity contribution < 1.29 is 9.90 Å².